The van der Waals surface area contributed by atoms with Crippen LogP contribution < -0.4 is 4.89 Å². The Hall–Kier alpha value is -0.350. The topological polar surface area (TPSA) is 62.2 Å². The molecule has 0 aliphatic carbocycles. The lowest BCUT2D eigenvalue weighted by atomic mass is 10.2. The van der Waals surface area contributed by atoms with Crippen LogP contribution in [-0.4, -0.2) is 4.98 Å². The molecule has 1 heterocycles. The first-order valence-corrected chi connectivity index (χ1v) is 5.78. The van der Waals surface area contributed by atoms with E-state index in [2.05, 4.69) is 9.51 Å². The largest absolute Gasteiger partial charge is 0.566 e. The van der Waals surface area contributed by atoms with E-state index in [4.69, 9.17) is 0 Å². The van der Waals surface area contributed by atoms with Crippen molar-refractivity contribution < 1.29 is 14.0 Å². The summed E-state index contributed by atoms with van der Waals surface area (Å²) < 4.78 is 14.5. The molecule has 4 nitrogen and oxygen atoms in total. The van der Waals surface area contributed by atoms with Crippen molar-refractivity contribution in [1.29, 1.82) is 0 Å². The van der Waals surface area contributed by atoms with E-state index in [9.17, 15) is 9.46 Å². The molecule has 0 saturated heterocycles. The molecule has 1 unspecified atom stereocenters. The molecule has 6 heteroatoms. The van der Waals surface area contributed by atoms with Gasteiger partial charge < -0.3 is 4.89 Å². The summed E-state index contributed by atoms with van der Waals surface area (Å²) in [6, 6.07) is 0. The lowest BCUT2D eigenvalue weighted by molar-refractivity contribution is -0.186. The van der Waals surface area contributed by atoms with E-state index in [1.165, 1.54) is 11.3 Å². The molecule has 1 aromatic heterocycles. The van der Waals surface area contributed by atoms with Crippen molar-refractivity contribution in [2.24, 2.45) is 0 Å². The maximum absolute atomic E-state index is 10.1. The SMILES string of the molecule is CC(C)c1csc(CO[P+](=O)[O-])n1. The molecule has 13 heavy (non-hydrogen) atoms. The lowest BCUT2D eigenvalue weighted by Gasteiger charge is -1.96. The fourth-order valence-electron chi connectivity index (χ4n) is 0.764. The van der Waals surface area contributed by atoms with Gasteiger partial charge in [0.05, 0.1) is 5.69 Å². The Morgan fingerprint density at radius 3 is 2.92 bits per heavy atom. The number of hydrogen-bond donors (Lipinski definition) is 0. The molecule has 0 radical (unpaired) electrons. The highest BCUT2D eigenvalue weighted by atomic mass is 32.1. The predicted molar refractivity (Wildman–Crippen MR) is 48.6 cm³/mol. The first-order valence-electron chi connectivity index (χ1n) is 3.81. The summed E-state index contributed by atoms with van der Waals surface area (Å²) in [7, 11) is -2.76. The lowest BCUT2D eigenvalue weighted by Crippen LogP contribution is -1.93. The van der Waals surface area contributed by atoms with Crippen LogP contribution in [-0.2, 0) is 15.7 Å². The normalized spacial score (nSPS) is 12.2. The van der Waals surface area contributed by atoms with Crippen LogP contribution in [0.4, 0.5) is 0 Å². The van der Waals surface area contributed by atoms with Gasteiger partial charge in [-0.2, -0.15) is 0 Å². The first kappa shape index (κ1) is 10.7. The fraction of sp³-hybridized carbons (Fsp3) is 0.571. The molecule has 0 aromatic carbocycles. The Morgan fingerprint density at radius 1 is 1.77 bits per heavy atom. The van der Waals surface area contributed by atoms with Crippen molar-refractivity contribution >= 4 is 19.6 Å². The number of nitrogens with zero attached hydrogens (tertiary/aromatic N) is 1. The molecule has 0 spiro atoms. The minimum Gasteiger partial charge on any atom is -0.566 e. The molecular formula is C7H10NO3PS. The van der Waals surface area contributed by atoms with Gasteiger partial charge in [0.2, 0.25) is 0 Å². The van der Waals surface area contributed by atoms with Crippen molar-refractivity contribution in [3.8, 4) is 0 Å². The van der Waals surface area contributed by atoms with Gasteiger partial charge in [-0.1, -0.05) is 13.8 Å². The van der Waals surface area contributed by atoms with Crippen LogP contribution in [0.1, 0.15) is 30.5 Å². The monoisotopic (exact) mass is 219 g/mol. The van der Waals surface area contributed by atoms with E-state index in [1.807, 2.05) is 19.2 Å². The molecule has 0 aliphatic rings. The van der Waals surface area contributed by atoms with Crippen LogP contribution in [0.2, 0.25) is 0 Å². The summed E-state index contributed by atoms with van der Waals surface area (Å²) in [4.78, 5) is 14.3. The molecule has 1 atom stereocenters. The number of thiazole rings is 1. The van der Waals surface area contributed by atoms with E-state index in [-0.39, 0.29) is 6.61 Å². The van der Waals surface area contributed by atoms with Gasteiger partial charge in [0.15, 0.2) is 6.61 Å². The van der Waals surface area contributed by atoms with E-state index < -0.39 is 8.25 Å². The van der Waals surface area contributed by atoms with Crippen molar-refractivity contribution in [2.45, 2.75) is 26.4 Å². The van der Waals surface area contributed by atoms with Crippen molar-refractivity contribution in [2.75, 3.05) is 0 Å². The minimum absolute atomic E-state index is 0.0517. The summed E-state index contributed by atoms with van der Waals surface area (Å²) in [6.07, 6.45) is 0. The zero-order valence-corrected chi connectivity index (χ0v) is 9.10. The van der Waals surface area contributed by atoms with E-state index >= 15 is 0 Å². The second-order valence-electron chi connectivity index (χ2n) is 2.82. The second-order valence-corrected chi connectivity index (χ2v) is 4.47. The van der Waals surface area contributed by atoms with Gasteiger partial charge in [0.25, 0.3) is 0 Å². The predicted octanol–water partition coefficient (Wildman–Crippen LogP) is 1.80. The summed E-state index contributed by atoms with van der Waals surface area (Å²) in [5, 5.41) is 2.62. The maximum Gasteiger partial charge on any atom is 0.488 e. The Morgan fingerprint density at radius 2 is 2.46 bits per heavy atom. The summed E-state index contributed by atoms with van der Waals surface area (Å²) >= 11 is 1.42. The van der Waals surface area contributed by atoms with E-state index in [0.29, 0.717) is 10.9 Å². The van der Waals surface area contributed by atoms with Gasteiger partial charge in [-0.15, -0.1) is 15.9 Å². The standard InChI is InChI=1S/C7H10NO3PS/c1-5(2)6-4-13-7(8-6)3-11-12(9)10/h4-5H,3H2,1-2H3. The third-order valence-electron chi connectivity index (χ3n) is 1.45. The third-order valence-corrected chi connectivity index (χ3v) is 2.63. The maximum atomic E-state index is 10.1. The number of hydrogen-bond acceptors (Lipinski definition) is 5. The van der Waals surface area contributed by atoms with E-state index in [1.54, 1.807) is 0 Å². The third kappa shape index (κ3) is 3.48. The number of rotatable bonds is 4. The Bertz CT molecular complexity index is 300. The molecule has 72 valence electrons. The van der Waals surface area contributed by atoms with Crippen LogP contribution in [0.5, 0.6) is 0 Å². The van der Waals surface area contributed by atoms with Crippen LogP contribution in [0.25, 0.3) is 0 Å². The van der Waals surface area contributed by atoms with Gasteiger partial charge in [-0.05, 0) is 10.5 Å². The van der Waals surface area contributed by atoms with E-state index in [0.717, 1.165) is 5.69 Å². The Labute approximate surface area is 81.5 Å². The minimum atomic E-state index is -2.76. The molecule has 0 N–H and O–H groups in total. The zero-order chi connectivity index (χ0) is 9.84. The average molecular weight is 219 g/mol. The number of aromatic nitrogens is 1. The zero-order valence-electron chi connectivity index (χ0n) is 7.39. The van der Waals surface area contributed by atoms with Crippen LogP contribution in [0, 0.1) is 0 Å². The van der Waals surface area contributed by atoms with Crippen molar-refractivity contribution in [3.05, 3.63) is 16.1 Å². The molecule has 0 bridgehead atoms. The Balaban J connectivity index is 2.54. The quantitative estimate of drug-likeness (QED) is 0.724. The molecule has 1 rings (SSSR count). The summed E-state index contributed by atoms with van der Waals surface area (Å²) in [6.45, 7) is 4.12. The van der Waals surface area contributed by atoms with Crippen molar-refractivity contribution in [1.82, 2.24) is 4.98 Å². The summed E-state index contributed by atoms with van der Waals surface area (Å²) in [5.41, 5.74) is 0.977. The Kier molecular flexibility index (Phi) is 3.93. The molecule has 1 aromatic rings. The fourth-order valence-corrected chi connectivity index (χ4v) is 1.95. The second kappa shape index (κ2) is 4.77. The molecule has 0 aliphatic heterocycles. The van der Waals surface area contributed by atoms with Gasteiger partial charge in [-0.25, -0.2) is 4.98 Å². The van der Waals surface area contributed by atoms with Gasteiger partial charge in [-0.3, -0.25) is 0 Å². The molecule has 0 fully saturated rings. The molecule has 0 saturated carbocycles. The first-order chi connectivity index (χ1) is 6.09. The van der Waals surface area contributed by atoms with Crippen LogP contribution >= 0.6 is 19.6 Å². The van der Waals surface area contributed by atoms with Gasteiger partial charge in [0.1, 0.15) is 5.01 Å². The highest BCUT2D eigenvalue weighted by Crippen LogP contribution is 2.20. The van der Waals surface area contributed by atoms with Crippen LogP contribution in [0.3, 0.4) is 0 Å². The highest BCUT2D eigenvalue weighted by molar-refractivity contribution is 7.30. The average Bonchev–Trinajstić information content (AvgIpc) is 2.48. The van der Waals surface area contributed by atoms with Crippen molar-refractivity contribution in [3.63, 3.8) is 0 Å². The highest BCUT2D eigenvalue weighted by Gasteiger charge is 2.08. The smallest absolute Gasteiger partial charge is 0.488 e. The van der Waals surface area contributed by atoms with Gasteiger partial charge >= 0.3 is 8.25 Å². The van der Waals surface area contributed by atoms with Gasteiger partial charge in [0, 0.05) is 5.38 Å². The summed E-state index contributed by atoms with van der Waals surface area (Å²) in [5.74, 6) is 0.367. The molecular weight excluding hydrogens is 209 g/mol. The van der Waals surface area contributed by atoms with Crippen LogP contribution in [0.15, 0.2) is 5.38 Å². The molecule has 0 amide bonds.